The second-order valence-electron chi connectivity index (χ2n) is 9.44. The summed E-state index contributed by atoms with van der Waals surface area (Å²) in [5.74, 6) is 0.326. The summed E-state index contributed by atoms with van der Waals surface area (Å²) in [7, 11) is 0. The predicted molar refractivity (Wildman–Crippen MR) is 128 cm³/mol. The van der Waals surface area contributed by atoms with Crippen molar-refractivity contribution in [1.82, 2.24) is 4.57 Å². The zero-order chi connectivity index (χ0) is 20.7. The Morgan fingerprint density at radius 1 is 0.800 bits per heavy atom. The molecular weight excluding hydrogens is 386 g/mol. The highest BCUT2D eigenvalue weighted by Crippen LogP contribution is 2.59. The van der Waals surface area contributed by atoms with E-state index in [-0.39, 0.29) is 10.8 Å². The van der Waals surface area contributed by atoms with Crippen LogP contribution in [0.15, 0.2) is 90.0 Å². The first-order valence-corrected chi connectivity index (χ1v) is 11.0. The van der Waals surface area contributed by atoms with Crippen molar-refractivity contribution in [3.8, 4) is 5.69 Å². The van der Waals surface area contributed by atoms with Crippen LogP contribution in [0.4, 0.5) is 0 Å². The molecule has 0 fully saturated rings. The summed E-state index contributed by atoms with van der Waals surface area (Å²) in [6, 6.07) is 24.3. The van der Waals surface area contributed by atoms with E-state index in [9.17, 15) is 0 Å². The van der Waals surface area contributed by atoms with E-state index in [0.717, 1.165) is 5.03 Å². The van der Waals surface area contributed by atoms with E-state index in [1.807, 2.05) is 0 Å². The van der Waals surface area contributed by atoms with Gasteiger partial charge in [-0.25, -0.2) is 0 Å². The van der Waals surface area contributed by atoms with Gasteiger partial charge in [0, 0.05) is 27.1 Å². The van der Waals surface area contributed by atoms with Crippen molar-refractivity contribution in [3.63, 3.8) is 0 Å². The van der Waals surface area contributed by atoms with Crippen molar-refractivity contribution in [2.24, 2.45) is 5.92 Å². The molecule has 0 saturated heterocycles. The van der Waals surface area contributed by atoms with Gasteiger partial charge < -0.3 is 4.57 Å². The fourth-order valence-corrected chi connectivity index (χ4v) is 6.31. The average molecular weight is 410 g/mol. The molecule has 2 aliphatic carbocycles. The maximum atomic E-state index is 6.48. The van der Waals surface area contributed by atoms with E-state index in [4.69, 9.17) is 11.6 Å². The van der Waals surface area contributed by atoms with Gasteiger partial charge in [-0.1, -0.05) is 93.1 Å². The lowest BCUT2D eigenvalue weighted by atomic mass is 9.67. The van der Waals surface area contributed by atoms with Gasteiger partial charge in [-0.3, -0.25) is 0 Å². The number of benzene rings is 3. The van der Waals surface area contributed by atoms with Crippen LogP contribution in [-0.4, -0.2) is 4.57 Å². The molecule has 4 aromatic rings. The summed E-state index contributed by atoms with van der Waals surface area (Å²) in [6.07, 6.45) is 6.66. The monoisotopic (exact) mass is 409 g/mol. The lowest BCUT2D eigenvalue weighted by Gasteiger charge is -2.37. The Bertz CT molecular complexity index is 1350. The molecule has 148 valence electrons. The van der Waals surface area contributed by atoms with Crippen LogP contribution in [0.25, 0.3) is 27.5 Å². The third-order valence-electron chi connectivity index (χ3n) is 7.43. The highest BCUT2D eigenvalue weighted by molar-refractivity contribution is 6.31. The number of hydrogen-bond acceptors (Lipinski definition) is 0. The van der Waals surface area contributed by atoms with Crippen LogP contribution in [-0.2, 0) is 10.8 Å². The van der Waals surface area contributed by atoms with E-state index in [2.05, 4.69) is 110 Å². The third kappa shape index (κ3) is 2.14. The largest absolute Gasteiger partial charge is 0.309 e. The molecule has 1 nitrogen and oxygen atoms in total. The Kier molecular flexibility index (Phi) is 3.54. The molecule has 0 radical (unpaired) electrons. The number of rotatable bonds is 1. The van der Waals surface area contributed by atoms with Crippen LogP contribution in [0.5, 0.6) is 0 Å². The molecule has 0 amide bonds. The Labute approximate surface area is 182 Å². The van der Waals surface area contributed by atoms with Gasteiger partial charge in [0.15, 0.2) is 0 Å². The minimum atomic E-state index is -0.0969. The van der Waals surface area contributed by atoms with Crippen LogP contribution < -0.4 is 0 Å². The van der Waals surface area contributed by atoms with E-state index in [1.165, 1.54) is 38.6 Å². The second kappa shape index (κ2) is 5.89. The van der Waals surface area contributed by atoms with E-state index >= 15 is 0 Å². The van der Waals surface area contributed by atoms with Gasteiger partial charge in [0.05, 0.1) is 16.7 Å². The van der Waals surface area contributed by atoms with Gasteiger partial charge in [0.1, 0.15) is 0 Å². The Hall–Kier alpha value is -2.77. The fourth-order valence-electron chi connectivity index (χ4n) is 6.12. The molecule has 0 bridgehead atoms. The summed E-state index contributed by atoms with van der Waals surface area (Å²) in [4.78, 5) is 0. The number of aromatic nitrogens is 1. The molecule has 0 saturated carbocycles. The van der Waals surface area contributed by atoms with Crippen molar-refractivity contribution in [1.29, 1.82) is 0 Å². The van der Waals surface area contributed by atoms with Gasteiger partial charge in [0.25, 0.3) is 0 Å². The van der Waals surface area contributed by atoms with Gasteiger partial charge in [0.2, 0.25) is 0 Å². The van der Waals surface area contributed by atoms with Crippen molar-refractivity contribution >= 4 is 33.4 Å². The predicted octanol–water partition coefficient (Wildman–Crippen LogP) is 7.64. The molecule has 2 unspecified atom stereocenters. The van der Waals surface area contributed by atoms with Crippen LogP contribution in [0.2, 0.25) is 0 Å². The molecular formula is C28H24ClN. The second-order valence-corrected chi connectivity index (χ2v) is 9.87. The zero-order valence-electron chi connectivity index (χ0n) is 17.5. The number of para-hydroxylation sites is 2. The third-order valence-corrected chi connectivity index (χ3v) is 7.69. The smallest absolute Gasteiger partial charge is 0.0541 e. The number of hydrogen-bond donors (Lipinski definition) is 0. The van der Waals surface area contributed by atoms with Crippen molar-refractivity contribution in [2.75, 3.05) is 0 Å². The quantitative estimate of drug-likeness (QED) is 0.304. The first-order valence-electron chi connectivity index (χ1n) is 10.6. The molecule has 2 heteroatoms. The molecule has 0 aliphatic heterocycles. The normalized spacial score (nSPS) is 24.1. The average Bonchev–Trinajstić information content (AvgIpc) is 3.17. The molecule has 1 aromatic heterocycles. The molecule has 2 aliphatic rings. The Balaban J connectivity index is 1.76. The first kappa shape index (κ1) is 18.0. The van der Waals surface area contributed by atoms with Gasteiger partial charge in [-0.05, 0) is 40.8 Å². The molecule has 2 atom stereocenters. The summed E-state index contributed by atoms with van der Waals surface area (Å²) in [5.41, 5.74) is 6.53. The minimum absolute atomic E-state index is 0.00372. The first-order chi connectivity index (χ1) is 14.4. The maximum Gasteiger partial charge on any atom is 0.0541 e. The van der Waals surface area contributed by atoms with E-state index < -0.39 is 0 Å². The van der Waals surface area contributed by atoms with Crippen molar-refractivity contribution < 1.29 is 0 Å². The summed E-state index contributed by atoms with van der Waals surface area (Å²) in [6.45, 7) is 7.09. The number of halogens is 1. The Morgan fingerprint density at radius 3 is 2.10 bits per heavy atom. The van der Waals surface area contributed by atoms with Crippen molar-refractivity contribution in [3.05, 3.63) is 101 Å². The van der Waals surface area contributed by atoms with Crippen LogP contribution >= 0.6 is 11.6 Å². The summed E-state index contributed by atoms with van der Waals surface area (Å²) < 4.78 is 2.46. The summed E-state index contributed by atoms with van der Waals surface area (Å²) >= 11 is 6.48. The lowest BCUT2D eigenvalue weighted by Crippen LogP contribution is -2.34. The minimum Gasteiger partial charge on any atom is -0.309 e. The van der Waals surface area contributed by atoms with Crippen LogP contribution in [0.3, 0.4) is 0 Å². The van der Waals surface area contributed by atoms with Crippen LogP contribution in [0, 0.1) is 5.92 Å². The topological polar surface area (TPSA) is 4.93 Å². The van der Waals surface area contributed by atoms with E-state index in [1.54, 1.807) is 0 Å². The standard InChI is InChI=1S/C28H24ClN/c1-27(2)21-11-8-14-24(26(21)28(3)16-15-18(29)17-25(27)28)30-22-12-6-4-9-19(22)20-10-5-7-13-23(20)30/h4-17,25H,1-3H3. The highest BCUT2D eigenvalue weighted by Gasteiger charge is 2.53. The number of nitrogens with zero attached hydrogens (tertiary/aromatic N) is 1. The number of fused-ring (bicyclic) bond motifs is 6. The number of allylic oxidation sites excluding steroid dienone is 4. The summed E-state index contributed by atoms with van der Waals surface area (Å²) in [5, 5.41) is 3.44. The van der Waals surface area contributed by atoms with Gasteiger partial charge in [-0.2, -0.15) is 0 Å². The SMILES string of the molecule is CC1(C)c2cccc(-n3c4ccccc4c4ccccc43)c2C2(C)C=CC(Cl)=CC12. The lowest BCUT2D eigenvalue weighted by molar-refractivity contribution is 0.323. The molecule has 0 spiro atoms. The zero-order valence-corrected chi connectivity index (χ0v) is 18.2. The fraction of sp³-hybridized carbons (Fsp3) is 0.214. The van der Waals surface area contributed by atoms with E-state index in [0.29, 0.717) is 5.92 Å². The maximum absolute atomic E-state index is 6.48. The molecule has 30 heavy (non-hydrogen) atoms. The highest BCUT2D eigenvalue weighted by atomic mass is 35.5. The molecule has 1 heterocycles. The molecule has 0 N–H and O–H groups in total. The van der Waals surface area contributed by atoms with Crippen LogP contribution in [0.1, 0.15) is 31.9 Å². The Morgan fingerprint density at radius 2 is 1.43 bits per heavy atom. The molecule has 3 aromatic carbocycles. The van der Waals surface area contributed by atoms with Gasteiger partial charge >= 0.3 is 0 Å². The van der Waals surface area contributed by atoms with Crippen molar-refractivity contribution in [2.45, 2.75) is 31.6 Å². The van der Waals surface area contributed by atoms with Gasteiger partial charge in [-0.15, -0.1) is 0 Å². The molecule has 6 rings (SSSR count).